The van der Waals surface area contributed by atoms with Crippen LogP contribution in [0.2, 0.25) is 0 Å². The molecule has 0 unspecified atom stereocenters. The van der Waals surface area contributed by atoms with Crippen LogP contribution >= 0.6 is 0 Å². The number of fused-ring (bicyclic) bond motifs is 1. The zero-order valence-electron chi connectivity index (χ0n) is 20.3. The van der Waals surface area contributed by atoms with Crippen molar-refractivity contribution in [3.63, 3.8) is 0 Å². The number of aryl methyl sites for hydroxylation is 2. The lowest BCUT2D eigenvalue weighted by atomic mass is 9.96. The van der Waals surface area contributed by atoms with Gasteiger partial charge in [0.05, 0.1) is 11.3 Å². The van der Waals surface area contributed by atoms with E-state index in [1.165, 1.54) is 21.6 Å². The number of nitrogens with zero attached hydrogens (tertiary/aromatic N) is 2. The lowest BCUT2D eigenvalue weighted by Gasteiger charge is -2.31. The van der Waals surface area contributed by atoms with Crippen molar-refractivity contribution in [3.8, 4) is 0 Å². The Hall–Kier alpha value is -3.66. The third-order valence-corrected chi connectivity index (χ3v) is 7.12. The maximum absolute atomic E-state index is 13.9. The van der Waals surface area contributed by atoms with Crippen molar-refractivity contribution in [3.05, 3.63) is 106 Å². The average molecular weight is 451 g/mol. The minimum absolute atomic E-state index is 0.241. The molecule has 172 valence electrons. The molecule has 4 nitrogen and oxygen atoms in total. The molecule has 0 saturated heterocycles. The van der Waals surface area contributed by atoms with E-state index >= 15 is 0 Å². The molecule has 2 aliphatic heterocycles. The van der Waals surface area contributed by atoms with Gasteiger partial charge in [-0.1, -0.05) is 68.4 Å². The lowest BCUT2D eigenvalue weighted by Crippen LogP contribution is -2.37. The summed E-state index contributed by atoms with van der Waals surface area (Å²) in [4.78, 5) is 31.2. The van der Waals surface area contributed by atoms with Gasteiger partial charge < -0.3 is 4.90 Å². The van der Waals surface area contributed by atoms with Crippen molar-refractivity contribution >= 4 is 23.1 Å². The highest BCUT2D eigenvalue weighted by Crippen LogP contribution is 2.37. The molecule has 0 spiro atoms. The SMILES string of the molecule is Cc1ccc(C2=C(N3CCc4ccccc4C3)C(=O)N(c3ccc(C(C)C)cc3)C2=O)cc1C. The van der Waals surface area contributed by atoms with Crippen LogP contribution in [0.25, 0.3) is 5.57 Å². The number of amides is 2. The van der Waals surface area contributed by atoms with Crippen molar-refractivity contribution in [1.29, 1.82) is 0 Å². The third kappa shape index (κ3) is 3.73. The Morgan fingerprint density at radius 2 is 1.50 bits per heavy atom. The zero-order valence-corrected chi connectivity index (χ0v) is 20.3. The van der Waals surface area contributed by atoms with Gasteiger partial charge in [0.15, 0.2) is 0 Å². The largest absolute Gasteiger partial charge is 0.362 e. The van der Waals surface area contributed by atoms with Gasteiger partial charge in [0, 0.05) is 13.1 Å². The number of benzene rings is 3. The van der Waals surface area contributed by atoms with Gasteiger partial charge in [-0.3, -0.25) is 9.59 Å². The van der Waals surface area contributed by atoms with Crippen LogP contribution < -0.4 is 4.90 Å². The second-order valence-electron chi connectivity index (χ2n) is 9.65. The molecule has 0 bridgehead atoms. The normalized spacial score (nSPS) is 16.0. The Labute approximate surface area is 201 Å². The first-order valence-corrected chi connectivity index (χ1v) is 12.0. The number of hydrogen-bond acceptors (Lipinski definition) is 3. The summed E-state index contributed by atoms with van der Waals surface area (Å²) in [6.45, 7) is 9.69. The van der Waals surface area contributed by atoms with E-state index < -0.39 is 0 Å². The van der Waals surface area contributed by atoms with Gasteiger partial charge in [-0.05, 0) is 71.7 Å². The van der Waals surface area contributed by atoms with E-state index in [-0.39, 0.29) is 11.8 Å². The molecule has 0 N–H and O–H groups in total. The van der Waals surface area contributed by atoms with Crippen LogP contribution in [-0.2, 0) is 22.6 Å². The van der Waals surface area contributed by atoms with Crippen LogP contribution in [0.1, 0.15) is 53.1 Å². The van der Waals surface area contributed by atoms with Crippen molar-refractivity contribution in [1.82, 2.24) is 4.90 Å². The van der Waals surface area contributed by atoms with Gasteiger partial charge in [0.2, 0.25) is 0 Å². The van der Waals surface area contributed by atoms with Gasteiger partial charge in [-0.25, -0.2) is 4.90 Å². The fourth-order valence-corrected chi connectivity index (χ4v) is 4.90. The molecule has 0 radical (unpaired) electrons. The predicted molar refractivity (Wildman–Crippen MR) is 136 cm³/mol. The molecule has 0 aromatic heterocycles. The fraction of sp³-hybridized carbons (Fsp3) is 0.267. The summed E-state index contributed by atoms with van der Waals surface area (Å²) in [6, 6.07) is 22.2. The first kappa shape index (κ1) is 22.1. The number of rotatable bonds is 4. The summed E-state index contributed by atoms with van der Waals surface area (Å²) in [5, 5.41) is 0. The van der Waals surface area contributed by atoms with E-state index in [1.807, 2.05) is 55.5 Å². The molecule has 4 heteroatoms. The van der Waals surface area contributed by atoms with Gasteiger partial charge in [0.1, 0.15) is 5.70 Å². The number of carbonyl (C=O) groups excluding carboxylic acids is 2. The number of hydrogen-bond donors (Lipinski definition) is 0. The molecule has 0 aliphatic carbocycles. The quantitative estimate of drug-likeness (QED) is 0.474. The fourth-order valence-electron chi connectivity index (χ4n) is 4.90. The first-order valence-electron chi connectivity index (χ1n) is 12.0. The summed E-state index contributed by atoms with van der Waals surface area (Å²) in [5.41, 5.74) is 8.40. The second-order valence-corrected chi connectivity index (χ2v) is 9.65. The van der Waals surface area contributed by atoms with Crippen molar-refractivity contribution in [2.75, 3.05) is 11.4 Å². The topological polar surface area (TPSA) is 40.6 Å². The van der Waals surface area contributed by atoms with Gasteiger partial charge in [0.25, 0.3) is 11.8 Å². The number of carbonyl (C=O) groups is 2. The van der Waals surface area contributed by atoms with E-state index in [9.17, 15) is 9.59 Å². The third-order valence-electron chi connectivity index (χ3n) is 7.12. The standard InChI is InChI=1S/C30H30N2O2/c1-19(2)22-11-13-26(14-12-22)32-29(33)27(24-10-9-20(3)21(4)17-24)28(30(32)34)31-16-15-23-7-5-6-8-25(23)18-31/h5-14,17,19H,15-16,18H2,1-4H3. The molecule has 0 atom stereocenters. The van der Waals surface area contributed by atoms with E-state index in [0.29, 0.717) is 36.0 Å². The summed E-state index contributed by atoms with van der Waals surface area (Å²) >= 11 is 0. The molecular weight excluding hydrogens is 420 g/mol. The van der Waals surface area contributed by atoms with Crippen LogP contribution in [0, 0.1) is 13.8 Å². The van der Waals surface area contributed by atoms with E-state index in [2.05, 4.69) is 43.9 Å². The molecule has 0 saturated carbocycles. The highest BCUT2D eigenvalue weighted by atomic mass is 16.2. The van der Waals surface area contributed by atoms with Gasteiger partial charge in [-0.2, -0.15) is 0 Å². The minimum atomic E-state index is -0.251. The van der Waals surface area contributed by atoms with E-state index in [0.717, 1.165) is 23.1 Å². The lowest BCUT2D eigenvalue weighted by molar-refractivity contribution is -0.120. The second kappa shape index (κ2) is 8.60. The molecule has 3 aromatic rings. The molecule has 2 heterocycles. The highest BCUT2D eigenvalue weighted by Gasteiger charge is 2.43. The Balaban J connectivity index is 1.60. The van der Waals surface area contributed by atoms with Crippen LogP contribution in [0.3, 0.4) is 0 Å². The molecule has 0 fully saturated rings. The van der Waals surface area contributed by atoms with E-state index in [4.69, 9.17) is 0 Å². The maximum Gasteiger partial charge on any atom is 0.282 e. The Morgan fingerprint density at radius 1 is 0.794 bits per heavy atom. The summed E-state index contributed by atoms with van der Waals surface area (Å²) in [6.07, 6.45) is 0.852. The van der Waals surface area contributed by atoms with Crippen molar-refractivity contribution in [2.24, 2.45) is 0 Å². The van der Waals surface area contributed by atoms with Crippen molar-refractivity contribution < 1.29 is 9.59 Å². The molecular formula is C30H30N2O2. The number of anilines is 1. The highest BCUT2D eigenvalue weighted by molar-refractivity contribution is 6.45. The van der Waals surface area contributed by atoms with Crippen LogP contribution in [0.4, 0.5) is 5.69 Å². The smallest absolute Gasteiger partial charge is 0.282 e. The maximum atomic E-state index is 13.9. The molecule has 2 amide bonds. The van der Waals surface area contributed by atoms with Gasteiger partial charge in [-0.15, -0.1) is 0 Å². The Kier molecular flexibility index (Phi) is 5.60. The molecule has 5 rings (SSSR count). The summed E-state index contributed by atoms with van der Waals surface area (Å²) in [7, 11) is 0. The average Bonchev–Trinajstić information content (AvgIpc) is 3.10. The van der Waals surface area contributed by atoms with E-state index in [1.54, 1.807) is 0 Å². The summed E-state index contributed by atoms with van der Waals surface area (Å²) in [5.74, 6) is -0.110. The predicted octanol–water partition coefficient (Wildman–Crippen LogP) is 5.77. The van der Waals surface area contributed by atoms with Gasteiger partial charge >= 0.3 is 0 Å². The Bertz CT molecular complexity index is 1320. The zero-order chi connectivity index (χ0) is 24.0. The Morgan fingerprint density at radius 3 is 2.18 bits per heavy atom. The van der Waals surface area contributed by atoms with Crippen LogP contribution in [0.15, 0.2) is 72.4 Å². The van der Waals surface area contributed by atoms with Crippen LogP contribution in [-0.4, -0.2) is 23.3 Å². The number of imide groups is 1. The van der Waals surface area contributed by atoms with Crippen LogP contribution in [0.5, 0.6) is 0 Å². The monoisotopic (exact) mass is 450 g/mol. The minimum Gasteiger partial charge on any atom is -0.362 e. The molecule has 34 heavy (non-hydrogen) atoms. The first-order chi connectivity index (χ1) is 16.3. The van der Waals surface area contributed by atoms with Crippen molar-refractivity contribution in [2.45, 2.75) is 46.6 Å². The molecule has 3 aromatic carbocycles. The molecule has 2 aliphatic rings. The summed E-state index contributed by atoms with van der Waals surface area (Å²) < 4.78 is 0.